The number of hydrogen-bond donors (Lipinski definition) is 0. The van der Waals surface area contributed by atoms with Gasteiger partial charge in [-0.1, -0.05) is 0 Å². The van der Waals surface area contributed by atoms with Gasteiger partial charge < -0.3 is 9.80 Å². The van der Waals surface area contributed by atoms with Crippen LogP contribution in [0.5, 0.6) is 0 Å². The summed E-state index contributed by atoms with van der Waals surface area (Å²) in [5, 5.41) is 3.82. The van der Waals surface area contributed by atoms with Gasteiger partial charge in [0.05, 0.1) is 11.1 Å². The van der Waals surface area contributed by atoms with E-state index in [2.05, 4.69) is 0 Å². The number of piperidine rings is 1. The van der Waals surface area contributed by atoms with Crippen molar-refractivity contribution < 1.29 is 9.59 Å². The molecule has 19 heavy (non-hydrogen) atoms. The molecule has 1 aromatic heterocycles. The number of carbonyl (C=O) groups excluding carboxylic acids is 2. The van der Waals surface area contributed by atoms with E-state index in [1.54, 1.807) is 11.3 Å². The van der Waals surface area contributed by atoms with Crippen molar-refractivity contribution >= 4 is 23.2 Å². The molecular weight excluding hydrogens is 260 g/mol. The summed E-state index contributed by atoms with van der Waals surface area (Å²) in [4.78, 5) is 28.0. The summed E-state index contributed by atoms with van der Waals surface area (Å²) in [6.07, 6.45) is 3.50. The Morgan fingerprint density at radius 1 is 1.42 bits per heavy atom. The first-order valence-electron chi connectivity index (χ1n) is 6.71. The summed E-state index contributed by atoms with van der Waals surface area (Å²) in [5.41, 5.74) is 0.662. The molecule has 1 atom stereocenters. The summed E-state index contributed by atoms with van der Waals surface area (Å²) in [6, 6.07) is 1.87. The summed E-state index contributed by atoms with van der Waals surface area (Å²) >= 11 is 1.54. The van der Waals surface area contributed by atoms with Crippen LogP contribution in [0.4, 0.5) is 0 Å². The van der Waals surface area contributed by atoms with Crippen molar-refractivity contribution in [3.05, 3.63) is 22.4 Å². The van der Waals surface area contributed by atoms with Crippen LogP contribution < -0.4 is 0 Å². The third-order valence-corrected chi connectivity index (χ3v) is 5.18. The molecule has 0 aromatic carbocycles. The maximum absolute atomic E-state index is 12.4. The fourth-order valence-electron chi connectivity index (χ4n) is 3.27. The maximum atomic E-state index is 12.4. The zero-order chi connectivity index (χ0) is 13.5. The van der Waals surface area contributed by atoms with Crippen molar-refractivity contribution in [3.8, 4) is 0 Å². The SMILES string of the molecule is CN1C(=O)CC[C@@]12CCCN(C(=O)c1ccsc1)C2. The van der Waals surface area contributed by atoms with E-state index in [0.29, 0.717) is 13.0 Å². The maximum Gasteiger partial charge on any atom is 0.254 e. The van der Waals surface area contributed by atoms with E-state index in [4.69, 9.17) is 0 Å². The first-order valence-corrected chi connectivity index (χ1v) is 7.65. The lowest BCUT2D eigenvalue weighted by Gasteiger charge is -2.44. The summed E-state index contributed by atoms with van der Waals surface area (Å²) < 4.78 is 0. The number of amides is 2. The zero-order valence-corrected chi connectivity index (χ0v) is 11.9. The topological polar surface area (TPSA) is 40.6 Å². The Hall–Kier alpha value is -1.36. The minimum atomic E-state index is -0.110. The number of likely N-dealkylation sites (N-methyl/N-ethyl adjacent to an activating group) is 1. The van der Waals surface area contributed by atoms with Crippen molar-refractivity contribution in [1.29, 1.82) is 0 Å². The third kappa shape index (κ3) is 2.06. The largest absolute Gasteiger partial charge is 0.338 e. The molecule has 0 unspecified atom stereocenters. The van der Waals surface area contributed by atoms with Crippen LogP contribution >= 0.6 is 11.3 Å². The van der Waals surface area contributed by atoms with Crippen LogP contribution in [0.2, 0.25) is 0 Å². The smallest absolute Gasteiger partial charge is 0.254 e. The highest BCUT2D eigenvalue weighted by Gasteiger charge is 2.46. The summed E-state index contributed by atoms with van der Waals surface area (Å²) in [5.74, 6) is 0.318. The van der Waals surface area contributed by atoms with E-state index in [-0.39, 0.29) is 17.4 Å². The van der Waals surface area contributed by atoms with E-state index >= 15 is 0 Å². The standard InChI is InChI=1S/C14H18N2O2S/c1-15-12(17)3-6-14(15)5-2-7-16(10-14)13(18)11-4-8-19-9-11/h4,8-9H,2-3,5-7,10H2,1H3/t14-/m1/s1. The molecule has 2 fully saturated rings. The minimum Gasteiger partial charge on any atom is -0.338 e. The van der Waals surface area contributed by atoms with Gasteiger partial charge in [0.2, 0.25) is 5.91 Å². The lowest BCUT2D eigenvalue weighted by Crippen LogP contribution is -2.56. The Morgan fingerprint density at radius 3 is 2.89 bits per heavy atom. The Kier molecular flexibility index (Phi) is 3.09. The monoisotopic (exact) mass is 278 g/mol. The van der Waals surface area contributed by atoms with E-state index in [9.17, 15) is 9.59 Å². The van der Waals surface area contributed by atoms with Crippen LogP contribution in [-0.4, -0.2) is 47.3 Å². The van der Waals surface area contributed by atoms with Gasteiger partial charge in [0.15, 0.2) is 0 Å². The highest BCUT2D eigenvalue weighted by Crippen LogP contribution is 2.37. The van der Waals surface area contributed by atoms with Crippen LogP contribution in [0.25, 0.3) is 0 Å². The number of likely N-dealkylation sites (tertiary alicyclic amines) is 2. The average Bonchev–Trinajstić information content (AvgIpc) is 3.04. The van der Waals surface area contributed by atoms with Gasteiger partial charge in [-0.05, 0) is 30.7 Å². The lowest BCUT2D eigenvalue weighted by molar-refractivity contribution is -0.130. The van der Waals surface area contributed by atoms with Crippen molar-refractivity contribution in [3.63, 3.8) is 0 Å². The molecule has 2 aliphatic rings. The molecule has 1 spiro atoms. The predicted molar refractivity (Wildman–Crippen MR) is 74.2 cm³/mol. The molecule has 0 radical (unpaired) electrons. The molecule has 0 aliphatic carbocycles. The predicted octanol–water partition coefficient (Wildman–Crippen LogP) is 1.98. The zero-order valence-electron chi connectivity index (χ0n) is 11.1. The molecule has 0 N–H and O–H groups in total. The Bertz CT molecular complexity index is 500. The molecule has 2 saturated heterocycles. The Morgan fingerprint density at radius 2 is 2.26 bits per heavy atom. The molecule has 4 nitrogen and oxygen atoms in total. The third-order valence-electron chi connectivity index (χ3n) is 4.50. The first kappa shape index (κ1) is 12.7. The molecule has 102 valence electrons. The summed E-state index contributed by atoms with van der Waals surface area (Å²) in [6.45, 7) is 1.49. The van der Waals surface area contributed by atoms with Crippen molar-refractivity contribution in [1.82, 2.24) is 9.80 Å². The highest BCUT2D eigenvalue weighted by molar-refractivity contribution is 7.08. The minimum absolute atomic E-state index is 0.105. The lowest BCUT2D eigenvalue weighted by atomic mass is 9.86. The van der Waals surface area contributed by atoms with Crippen molar-refractivity contribution in [2.45, 2.75) is 31.2 Å². The van der Waals surface area contributed by atoms with Gasteiger partial charge in [-0.3, -0.25) is 9.59 Å². The number of carbonyl (C=O) groups is 2. The van der Waals surface area contributed by atoms with Gasteiger partial charge in [0, 0.05) is 31.9 Å². The average molecular weight is 278 g/mol. The number of nitrogens with zero attached hydrogens (tertiary/aromatic N) is 2. The highest BCUT2D eigenvalue weighted by atomic mass is 32.1. The van der Waals surface area contributed by atoms with Crippen LogP contribution in [0.3, 0.4) is 0 Å². The second kappa shape index (κ2) is 4.63. The van der Waals surface area contributed by atoms with Crippen LogP contribution in [0.1, 0.15) is 36.0 Å². The van der Waals surface area contributed by atoms with Gasteiger partial charge in [0.1, 0.15) is 0 Å². The van der Waals surface area contributed by atoms with Crippen LogP contribution in [-0.2, 0) is 4.79 Å². The Labute approximate surface area is 117 Å². The molecule has 1 aromatic rings. The first-order chi connectivity index (χ1) is 9.12. The van der Waals surface area contributed by atoms with Crippen molar-refractivity contribution in [2.24, 2.45) is 0 Å². The normalized spacial score (nSPS) is 27.3. The molecule has 5 heteroatoms. The van der Waals surface area contributed by atoms with Gasteiger partial charge in [-0.2, -0.15) is 11.3 Å². The van der Waals surface area contributed by atoms with Crippen LogP contribution in [0.15, 0.2) is 16.8 Å². The van der Waals surface area contributed by atoms with E-state index in [0.717, 1.165) is 31.4 Å². The second-order valence-electron chi connectivity index (χ2n) is 5.52. The van der Waals surface area contributed by atoms with Crippen molar-refractivity contribution in [2.75, 3.05) is 20.1 Å². The Balaban J connectivity index is 1.79. The van der Waals surface area contributed by atoms with Crippen LogP contribution in [0, 0.1) is 0 Å². The molecule has 0 bridgehead atoms. The van der Waals surface area contributed by atoms with Gasteiger partial charge >= 0.3 is 0 Å². The quantitative estimate of drug-likeness (QED) is 0.788. The van der Waals surface area contributed by atoms with Gasteiger partial charge in [-0.15, -0.1) is 0 Å². The molecule has 3 heterocycles. The molecule has 2 amide bonds. The number of thiophene rings is 1. The van der Waals surface area contributed by atoms with Gasteiger partial charge in [0.25, 0.3) is 5.91 Å². The van der Waals surface area contributed by atoms with E-state index < -0.39 is 0 Å². The fraction of sp³-hybridized carbons (Fsp3) is 0.571. The second-order valence-corrected chi connectivity index (χ2v) is 6.30. The molecular formula is C14H18N2O2S. The van der Waals surface area contributed by atoms with E-state index in [1.165, 1.54) is 0 Å². The van der Waals surface area contributed by atoms with Gasteiger partial charge in [-0.25, -0.2) is 0 Å². The number of hydrogen-bond acceptors (Lipinski definition) is 3. The molecule has 0 saturated carbocycles. The molecule has 2 aliphatic heterocycles. The molecule has 3 rings (SSSR count). The summed E-state index contributed by atoms with van der Waals surface area (Å²) in [7, 11) is 1.88. The fourth-order valence-corrected chi connectivity index (χ4v) is 3.90. The number of rotatable bonds is 1. The van der Waals surface area contributed by atoms with E-state index in [1.807, 2.05) is 33.7 Å².